The minimum Gasteiger partial charge on any atom is -0.399 e. The molecular weight excluding hydrogens is 219 g/mol. The first-order valence-electron chi connectivity index (χ1n) is 4.33. The second-order valence-corrected chi connectivity index (χ2v) is 4.02. The highest BCUT2D eigenvalue weighted by Gasteiger charge is 2.15. The molecule has 0 saturated heterocycles. The lowest BCUT2D eigenvalue weighted by atomic mass is 10.2. The van der Waals surface area contributed by atoms with Gasteiger partial charge in [0.15, 0.2) is 0 Å². The van der Waals surface area contributed by atoms with Crippen LogP contribution in [0, 0.1) is 0 Å². The number of nitrogen functional groups attached to an aromatic ring is 1. The molecule has 0 aliphatic carbocycles. The molecule has 0 atom stereocenters. The summed E-state index contributed by atoms with van der Waals surface area (Å²) in [6, 6.07) is 3.45. The van der Waals surface area contributed by atoms with E-state index in [1.807, 2.05) is 0 Å². The SMILES string of the molecule is Nc1cc(Cl)c(N2CC=CC2)c(Cl)c1. The predicted octanol–water partition coefficient (Wildman–Crippen LogP) is 2.95. The van der Waals surface area contributed by atoms with Crippen molar-refractivity contribution in [2.75, 3.05) is 23.7 Å². The van der Waals surface area contributed by atoms with Gasteiger partial charge in [0, 0.05) is 18.8 Å². The largest absolute Gasteiger partial charge is 0.399 e. The van der Waals surface area contributed by atoms with Gasteiger partial charge in [0.1, 0.15) is 0 Å². The van der Waals surface area contributed by atoms with Crippen molar-refractivity contribution < 1.29 is 0 Å². The van der Waals surface area contributed by atoms with E-state index in [4.69, 9.17) is 28.9 Å². The zero-order chi connectivity index (χ0) is 10.1. The van der Waals surface area contributed by atoms with Gasteiger partial charge in [-0.3, -0.25) is 0 Å². The topological polar surface area (TPSA) is 29.3 Å². The molecule has 1 aromatic carbocycles. The number of nitrogens with zero attached hydrogens (tertiary/aromatic N) is 1. The van der Waals surface area contributed by atoms with Crippen LogP contribution in [0.1, 0.15) is 0 Å². The molecule has 0 unspecified atom stereocenters. The first-order valence-corrected chi connectivity index (χ1v) is 5.08. The van der Waals surface area contributed by atoms with Crippen LogP contribution in [0.15, 0.2) is 24.3 Å². The van der Waals surface area contributed by atoms with E-state index >= 15 is 0 Å². The lowest BCUT2D eigenvalue weighted by Crippen LogP contribution is -2.19. The van der Waals surface area contributed by atoms with Crippen molar-refractivity contribution in [3.8, 4) is 0 Å². The van der Waals surface area contributed by atoms with Gasteiger partial charge in [0.05, 0.1) is 15.7 Å². The van der Waals surface area contributed by atoms with Crippen LogP contribution < -0.4 is 10.6 Å². The summed E-state index contributed by atoms with van der Waals surface area (Å²) < 4.78 is 0. The summed E-state index contributed by atoms with van der Waals surface area (Å²) in [7, 11) is 0. The Labute approximate surface area is 92.9 Å². The number of hydrogen-bond acceptors (Lipinski definition) is 2. The van der Waals surface area contributed by atoms with E-state index in [-0.39, 0.29) is 0 Å². The highest BCUT2D eigenvalue weighted by Crippen LogP contribution is 2.36. The minimum absolute atomic E-state index is 0.593. The molecule has 2 N–H and O–H groups in total. The molecule has 0 fully saturated rings. The molecule has 0 bridgehead atoms. The molecule has 4 heteroatoms. The Hall–Kier alpha value is -0.860. The molecule has 1 aliphatic heterocycles. The molecule has 14 heavy (non-hydrogen) atoms. The summed E-state index contributed by atoms with van der Waals surface area (Å²) in [5, 5.41) is 1.22. The summed E-state index contributed by atoms with van der Waals surface area (Å²) in [5.41, 5.74) is 7.09. The third-order valence-electron chi connectivity index (χ3n) is 2.17. The van der Waals surface area contributed by atoms with Crippen LogP contribution >= 0.6 is 23.2 Å². The van der Waals surface area contributed by atoms with E-state index in [0.717, 1.165) is 18.8 Å². The number of anilines is 2. The smallest absolute Gasteiger partial charge is 0.0752 e. The van der Waals surface area contributed by atoms with E-state index in [2.05, 4.69) is 17.1 Å². The quantitative estimate of drug-likeness (QED) is 0.592. The molecular formula is C10H10Cl2N2. The summed E-state index contributed by atoms with van der Waals surface area (Å²) in [5.74, 6) is 0. The van der Waals surface area contributed by atoms with Gasteiger partial charge in [-0.05, 0) is 12.1 Å². The zero-order valence-electron chi connectivity index (χ0n) is 7.50. The molecule has 1 aliphatic rings. The third-order valence-corrected chi connectivity index (χ3v) is 2.75. The van der Waals surface area contributed by atoms with Gasteiger partial charge in [-0.2, -0.15) is 0 Å². The van der Waals surface area contributed by atoms with Crippen LogP contribution in [-0.4, -0.2) is 13.1 Å². The third kappa shape index (κ3) is 1.68. The first-order chi connectivity index (χ1) is 6.68. The van der Waals surface area contributed by atoms with E-state index in [1.165, 1.54) is 0 Å². The van der Waals surface area contributed by atoms with E-state index in [1.54, 1.807) is 12.1 Å². The predicted molar refractivity (Wildman–Crippen MR) is 62.2 cm³/mol. The van der Waals surface area contributed by atoms with Gasteiger partial charge < -0.3 is 10.6 Å². The Morgan fingerprint density at radius 3 is 2.07 bits per heavy atom. The maximum absolute atomic E-state index is 6.08. The standard InChI is InChI=1S/C10H10Cl2N2/c11-8-5-7(13)6-9(12)10(8)14-3-1-2-4-14/h1-2,5-6H,3-4,13H2. The maximum Gasteiger partial charge on any atom is 0.0752 e. The van der Waals surface area contributed by atoms with Crippen molar-refractivity contribution in [1.82, 2.24) is 0 Å². The molecule has 0 spiro atoms. The Morgan fingerprint density at radius 1 is 1.07 bits per heavy atom. The number of benzene rings is 1. The molecule has 2 rings (SSSR count). The number of hydrogen-bond donors (Lipinski definition) is 1. The number of nitrogens with two attached hydrogens (primary N) is 1. The average Bonchev–Trinajstić information content (AvgIpc) is 2.54. The minimum atomic E-state index is 0.593. The van der Waals surface area contributed by atoms with Gasteiger partial charge in [-0.25, -0.2) is 0 Å². The molecule has 2 nitrogen and oxygen atoms in total. The molecule has 1 heterocycles. The normalized spacial score (nSPS) is 15.1. The second-order valence-electron chi connectivity index (χ2n) is 3.21. The van der Waals surface area contributed by atoms with Crippen LogP contribution in [0.2, 0.25) is 10.0 Å². The lowest BCUT2D eigenvalue weighted by Gasteiger charge is -2.20. The van der Waals surface area contributed by atoms with Crippen LogP contribution in [-0.2, 0) is 0 Å². The maximum atomic E-state index is 6.08. The molecule has 74 valence electrons. The van der Waals surface area contributed by atoms with Crippen molar-refractivity contribution >= 4 is 34.6 Å². The van der Waals surface area contributed by atoms with E-state index in [0.29, 0.717) is 15.7 Å². The summed E-state index contributed by atoms with van der Waals surface area (Å²) in [6.45, 7) is 1.70. The fourth-order valence-corrected chi connectivity index (χ4v) is 2.29. The van der Waals surface area contributed by atoms with Crippen molar-refractivity contribution in [2.24, 2.45) is 0 Å². The average molecular weight is 229 g/mol. The highest BCUT2D eigenvalue weighted by atomic mass is 35.5. The van der Waals surface area contributed by atoms with E-state index < -0.39 is 0 Å². The monoisotopic (exact) mass is 228 g/mol. The van der Waals surface area contributed by atoms with Crippen LogP contribution in [0.25, 0.3) is 0 Å². The Kier molecular flexibility index (Phi) is 2.57. The molecule has 0 amide bonds. The lowest BCUT2D eigenvalue weighted by molar-refractivity contribution is 1.01. The van der Waals surface area contributed by atoms with Crippen molar-refractivity contribution in [1.29, 1.82) is 0 Å². The fraction of sp³-hybridized carbons (Fsp3) is 0.200. The number of rotatable bonds is 1. The van der Waals surface area contributed by atoms with Gasteiger partial charge in [0.2, 0.25) is 0 Å². The van der Waals surface area contributed by atoms with Gasteiger partial charge in [0.25, 0.3) is 0 Å². The van der Waals surface area contributed by atoms with Crippen molar-refractivity contribution in [3.05, 3.63) is 34.3 Å². The van der Waals surface area contributed by atoms with E-state index in [9.17, 15) is 0 Å². The van der Waals surface area contributed by atoms with Crippen LogP contribution in [0.3, 0.4) is 0 Å². The summed E-state index contributed by atoms with van der Waals surface area (Å²) in [4.78, 5) is 2.10. The molecule has 0 aromatic heterocycles. The van der Waals surface area contributed by atoms with Gasteiger partial charge >= 0.3 is 0 Å². The van der Waals surface area contributed by atoms with Crippen LogP contribution in [0.4, 0.5) is 11.4 Å². The van der Waals surface area contributed by atoms with Gasteiger partial charge in [-0.15, -0.1) is 0 Å². The summed E-state index contributed by atoms with van der Waals surface area (Å²) in [6.07, 6.45) is 4.17. The van der Waals surface area contributed by atoms with Crippen LogP contribution in [0.5, 0.6) is 0 Å². The number of halogens is 2. The fourth-order valence-electron chi connectivity index (χ4n) is 1.55. The molecule has 0 saturated carbocycles. The molecule has 0 radical (unpaired) electrons. The van der Waals surface area contributed by atoms with Gasteiger partial charge in [-0.1, -0.05) is 35.4 Å². The van der Waals surface area contributed by atoms with Crippen molar-refractivity contribution in [3.63, 3.8) is 0 Å². The first kappa shape index (κ1) is 9.69. The molecule has 1 aromatic rings. The zero-order valence-corrected chi connectivity index (χ0v) is 9.02. The van der Waals surface area contributed by atoms with Crippen molar-refractivity contribution in [2.45, 2.75) is 0 Å². The Morgan fingerprint density at radius 2 is 1.57 bits per heavy atom. The Balaban J connectivity index is 2.41. The second kappa shape index (κ2) is 3.71. The highest BCUT2D eigenvalue weighted by molar-refractivity contribution is 6.39. The summed E-state index contributed by atoms with van der Waals surface area (Å²) >= 11 is 12.2. The Bertz CT molecular complexity index is 357.